The van der Waals surface area contributed by atoms with Gasteiger partial charge in [-0.25, -0.2) is 0 Å². The summed E-state index contributed by atoms with van der Waals surface area (Å²) in [4.78, 5) is 12.3. The molecule has 1 saturated heterocycles. The van der Waals surface area contributed by atoms with Crippen molar-refractivity contribution in [3.05, 3.63) is 21.3 Å². The quantitative estimate of drug-likeness (QED) is 0.543. The highest BCUT2D eigenvalue weighted by atomic mass is 32.2. The molecule has 0 spiro atoms. The highest BCUT2D eigenvalue weighted by molar-refractivity contribution is 8.02. The van der Waals surface area contributed by atoms with Crippen LogP contribution in [0.5, 0.6) is 0 Å². The predicted molar refractivity (Wildman–Crippen MR) is 82.2 cm³/mol. The SMILES string of the molecule is CSC(=C[N+](=O)[O-])NC(C)CN(C)CC1COCC1C. The van der Waals surface area contributed by atoms with Gasteiger partial charge in [-0.3, -0.25) is 10.1 Å². The van der Waals surface area contributed by atoms with Crippen molar-refractivity contribution in [2.45, 2.75) is 19.9 Å². The van der Waals surface area contributed by atoms with Gasteiger partial charge in [0.1, 0.15) is 5.03 Å². The van der Waals surface area contributed by atoms with E-state index in [2.05, 4.69) is 24.2 Å². The Morgan fingerprint density at radius 3 is 2.85 bits per heavy atom. The zero-order valence-electron chi connectivity index (χ0n) is 12.7. The second-order valence-corrected chi connectivity index (χ2v) is 6.37. The molecule has 1 rings (SSSR count). The Bertz CT molecular complexity index is 352. The fourth-order valence-corrected chi connectivity index (χ4v) is 2.92. The lowest BCUT2D eigenvalue weighted by atomic mass is 9.98. The first kappa shape index (κ1) is 17.3. The molecule has 0 saturated carbocycles. The fraction of sp³-hybridized carbons (Fsp3) is 0.846. The van der Waals surface area contributed by atoms with Gasteiger partial charge in [0.15, 0.2) is 0 Å². The second-order valence-electron chi connectivity index (χ2n) is 5.52. The number of hydrogen-bond acceptors (Lipinski definition) is 6. The summed E-state index contributed by atoms with van der Waals surface area (Å²) < 4.78 is 5.47. The van der Waals surface area contributed by atoms with Crippen molar-refractivity contribution in [2.24, 2.45) is 11.8 Å². The molecular weight excluding hydrogens is 278 g/mol. The van der Waals surface area contributed by atoms with Crippen LogP contribution >= 0.6 is 11.8 Å². The van der Waals surface area contributed by atoms with E-state index in [-0.39, 0.29) is 6.04 Å². The van der Waals surface area contributed by atoms with Gasteiger partial charge in [0.2, 0.25) is 0 Å². The van der Waals surface area contributed by atoms with Crippen LogP contribution in [0.4, 0.5) is 0 Å². The maximum atomic E-state index is 10.5. The van der Waals surface area contributed by atoms with Crippen molar-refractivity contribution in [3.63, 3.8) is 0 Å². The van der Waals surface area contributed by atoms with Crippen molar-refractivity contribution in [3.8, 4) is 0 Å². The highest BCUT2D eigenvalue weighted by Crippen LogP contribution is 2.20. The molecule has 116 valence electrons. The van der Waals surface area contributed by atoms with Crippen LogP contribution in [-0.2, 0) is 4.74 Å². The first-order valence-electron chi connectivity index (χ1n) is 6.84. The summed E-state index contributed by atoms with van der Waals surface area (Å²) in [5, 5.41) is 14.3. The first-order valence-corrected chi connectivity index (χ1v) is 8.07. The Morgan fingerprint density at radius 1 is 1.65 bits per heavy atom. The van der Waals surface area contributed by atoms with Gasteiger partial charge >= 0.3 is 0 Å². The van der Waals surface area contributed by atoms with Crippen LogP contribution in [-0.4, -0.2) is 55.5 Å². The minimum absolute atomic E-state index is 0.163. The molecule has 7 heteroatoms. The van der Waals surface area contributed by atoms with Gasteiger partial charge in [-0.15, -0.1) is 11.8 Å². The number of nitrogens with one attached hydrogen (secondary N) is 1. The first-order chi connectivity index (χ1) is 9.42. The minimum Gasteiger partial charge on any atom is -0.381 e. The summed E-state index contributed by atoms with van der Waals surface area (Å²) in [5.74, 6) is 1.19. The van der Waals surface area contributed by atoms with Crippen LogP contribution in [0.2, 0.25) is 0 Å². The molecule has 0 bridgehead atoms. The average Bonchev–Trinajstić information content (AvgIpc) is 2.73. The van der Waals surface area contributed by atoms with Crippen LogP contribution in [0.3, 0.4) is 0 Å². The number of ether oxygens (including phenoxy) is 1. The molecule has 0 aromatic carbocycles. The van der Waals surface area contributed by atoms with Gasteiger partial charge in [-0.1, -0.05) is 6.92 Å². The van der Waals surface area contributed by atoms with Crippen LogP contribution < -0.4 is 5.32 Å². The number of nitrogens with zero attached hydrogens (tertiary/aromatic N) is 2. The summed E-state index contributed by atoms with van der Waals surface area (Å²) in [7, 11) is 2.08. The van der Waals surface area contributed by atoms with Crippen molar-refractivity contribution in [1.82, 2.24) is 10.2 Å². The Balaban J connectivity index is 2.37. The highest BCUT2D eigenvalue weighted by Gasteiger charge is 2.25. The lowest BCUT2D eigenvalue weighted by molar-refractivity contribution is -0.403. The van der Waals surface area contributed by atoms with E-state index in [1.807, 2.05) is 13.2 Å². The smallest absolute Gasteiger partial charge is 0.263 e. The molecule has 0 aromatic heterocycles. The topological polar surface area (TPSA) is 67.6 Å². The van der Waals surface area contributed by atoms with Crippen molar-refractivity contribution >= 4 is 11.8 Å². The summed E-state index contributed by atoms with van der Waals surface area (Å²) in [6.45, 7) is 7.80. The summed E-state index contributed by atoms with van der Waals surface area (Å²) >= 11 is 1.36. The van der Waals surface area contributed by atoms with E-state index in [4.69, 9.17) is 4.74 Å². The van der Waals surface area contributed by atoms with Gasteiger partial charge in [-0.2, -0.15) is 0 Å². The van der Waals surface area contributed by atoms with Gasteiger partial charge in [-0.05, 0) is 32.1 Å². The Labute approximate surface area is 125 Å². The predicted octanol–water partition coefficient (Wildman–Crippen LogP) is 1.62. The summed E-state index contributed by atoms with van der Waals surface area (Å²) in [6, 6.07) is 0.163. The minimum atomic E-state index is -0.424. The molecule has 0 radical (unpaired) electrons. The number of nitro groups is 1. The van der Waals surface area contributed by atoms with Gasteiger partial charge in [0.05, 0.1) is 11.5 Å². The molecular formula is C13H25N3O3S. The van der Waals surface area contributed by atoms with Crippen molar-refractivity contribution in [2.75, 3.05) is 39.6 Å². The number of rotatable bonds is 8. The van der Waals surface area contributed by atoms with Crippen LogP contribution in [0.25, 0.3) is 0 Å². The molecule has 1 aliphatic heterocycles. The lowest BCUT2D eigenvalue weighted by Gasteiger charge is -2.26. The third-order valence-electron chi connectivity index (χ3n) is 3.48. The van der Waals surface area contributed by atoms with E-state index >= 15 is 0 Å². The number of thioether (sulfide) groups is 1. The van der Waals surface area contributed by atoms with Crippen LogP contribution in [0.15, 0.2) is 11.2 Å². The van der Waals surface area contributed by atoms with Crippen LogP contribution in [0.1, 0.15) is 13.8 Å². The third-order valence-corrected chi connectivity index (χ3v) is 4.14. The van der Waals surface area contributed by atoms with Gasteiger partial charge < -0.3 is 15.0 Å². The molecule has 0 amide bonds. The van der Waals surface area contributed by atoms with E-state index < -0.39 is 4.92 Å². The van der Waals surface area contributed by atoms with E-state index in [1.54, 1.807) is 0 Å². The van der Waals surface area contributed by atoms with Crippen molar-refractivity contribution < 1.29 is 9.66 Å². The van der Waals surface area contributed by atoms with E-state index in [0.29, 0.717) is 16.9 Å². The molecule has 3 unspecified atom stereocenters. The fourth-order valence-electron chi connectivity index (χ4n) is 2.41. The molecule has 0 aromatic rings. The second kappa shape index (κ2) is 8.49. The number of likely N-dealkylation sites (N-methyl/N-ethyl adjacent to an activating group) is 1. The Morgan fingerprint density at radius 2 is 2.35 bits per heavy atom. The molecule has 6 nitrogen and oxygen atoms in total. The van der Waals surface area contributed by atoms with E-state index in [0.717, 1.165) is 32.5 Å². The molecule has 1 N–H and O–H groups in total. The van der Waals surface area contributed by atoms with E-state index in [1.165, 1.54) is 11.8 Å². The monoisotopic (exact) mass is 303 g/mol. The molecule has 1 aliphatic rings. The maximum absolute atomic E-state index is 10.5. The third kappa shape index (κ3) is 6.11. The van der Waals surface area contributed by atoms with E-state index in [9.17, 15) is 10.1 Å². The number of hydrogen-bond donors (Lipinski definition) is 1. The zero-order chi connectivity index (χ0) is 15.1. The summed E-state index contributed by atoms with van der Waals surface area (Å²) in [6.07, 6.45) is 2.85. The van der Waals surface area contributed by atoms with Gasteiger partial charge in [0.25, 0.3) is 6.20 Å². The normalized spacial score (nSPS) is 24.9. The molecule has 1 heterocycles. The maximum Gasteiger partial charge on any atom is 0.263 e. The lowest BCUT2D eigenvalue weighted by Crippen LogP contribution is -2.39. The largest absolute Gasteiger partial charge is 0.381 e. The molecule has 0 aliphatic carbocycles. The molecule has 3 atom stereocenters. The Hall–Kier alpha value is -0.790. The molecule has 1 fully saturated rings. The standard InChI is InChI=1S/C13H25N3O3S/c1-10-8-19-9-12(10)6-15(3)5-11(2)14-13(20-4)7-16(17)18/h7,10-12,14H,5-6,8-9H2,1-4H3. The Kier molecular flexibility index (Phi) is 7.32. The van der Waals surface area contributed by atoms with Gasteiger partial charge in [0, 0.05) is 25.7 Å². The summed E-state index contributed by atoms with van der Waals surface area (Å²) in [5.41, 5.74) is 0. The average molecular weight is 303 g/mol. The van der Waals surface area contributed by atoms with Crippen LogP contribution in [0, 0.1) is 22.0 Å². The zero-order valence-corrected chi connectivity index (χ0v) is 13.5. The molecule has 20 heavy (non-hydrogen) atoms. The van der Waals surface area contributed by atoms with Crippen molar-refractivity contribution in [1.29, 1.82) is 0 Å².